The van der Waals surface area contributed by atoms with Crippen LogP contribution >= 0.6 is 0 Å². The molecule has 2 aromatic carbocycles. The van der Waals surface area contributed by atoms with E-state index in [0.29, 0.717) is 35.1 Å². The summed E-state index contributed by atoms with van der Waals surface area (Å²) in [5.74, 6) is 0.995. The number of nitrogens with zero attached hydrogens (tertiary/aromatic N) is 4. The lowest BCUT2D eigenvalue weighted by atomic mass is 10.1. The molecule has 0 radical (unpaired) electrons. The number of amides is 1. The van der Waals surface area contributed by atoms with Crippen LogP contribution in [0.4, 0.5) is 5.69 Å². The number of hydrogen-bond donors (Lipinski definition) is 1. The third-order valence-corrected chi connectivity index (χ3v) is 4.82. The maximum atomic E-state index is 12.9. The molecule has 4 rings (SSSR count). The molecule has 152 valence electrons. The number of aryl methyl sites for hydroxylation is 1. The number of carbonyl (C=O) groups is 1. The first-order chi connectivity index (χ1) is 14.5. The van der Waals surface area contributed by atoms with Gasteiger partial charge in [-0.1, -0.05) is 43.3 Å². The summed E-state index contributed by atoms with van der Waals surface area (Å²) in [4.78, 5) is 17.4. The number of para-hydroxylation sites is 1. The van der Waals surface area contributed by atoms with E-state index in [1.807, 2.05) is 80.2 Å². The first-order valence-electron chi connectivity index (χ1n) is 9.82. The molecule has 1 N–H and O–H groups in total. The zero-order chi connectivity index (χ0) is 21.1. The van der Waals surface area contributed by atoms with Gasteiger partial charge in [-0.15, -0.1) is 0 Å². The molecule has 0 saturated carbocycles. The largest absolute Gasteiger partial charge is 0.334 e. The molecule has 0 saturated heterocycles. The molecule has 0 atom stereocenters. The molecule has 0 aliphatic heterocycles. The van der Waals surface area contributed by atoms with E-state index in [-0.39, 0.29) is 11.8 Å². The van der Waals surface area contributed by atoms with Crippen molar-refractivity contribution in [3.05, 3.63) is 83.4 Å². The lowest BCUT2D eigenvalue weighted by molar-refractivity contribution is 0.102. The zero-order valence-corrected chi connectivity index (χ0v) is 17.2. The molecule has 1 amide bonds. The van der Waals surface area contributed by atoms with E-state index in [2.05, 4.69) is 20.6 Å². The van der Waals surface area contributed by atoms with Gasteiger partial charge >= 0.3 is 0 Å². The van der Waals surface area contributed by atoms with Crippen molar-refractivity contribution >= 4 is 11.6 Å². The topological polar surface area (TPSA) is 85.8 Å². The molecule has 0 unspecified atom stereocenters. The van der Waals surface area contributed by atoms with Crippen molar-refractivity contribution in [1.82, 2.24) is 19.9 Å². The summed E-state index contributed by atoms with van der Waals surface area (Å²) in [6, 6.07) is 15.1. The van der Waals surface area contributed by atoms with Gasteiger partial charge in [-0.3, -0.25) is 9.48 Å². The number of nitrogens with one attached hydrogen (secondary N) is 1. The van der Waals surface area contributed by atoms with E-state index in [1.54, 1.807) is 6.20 Å². The summed E-state index contributed by atoms with van der Waals surface area (Å²) >= 11 is 0. The van der Waals surface area contributed by atoms with Crippen LogP contribution in [0, 0.1) is 6.92 Å². The van der Waals surface area contributed by atoms with Gasteiger partial charge in [0.05, 0.1) is 17.8 Å². The van der Waals surface area contributed by atoms with Crippen molar-refractivity contribution in [2.75, 3.05) is 5.32 Å². The maximum absolute atomic E-state index is 12.9. The summed E-state index contributed by atoms with van der Waals surface area (Å²) < 4.78 is 7.28. The van der Waals surface area contributed by atoms with Crippen molar-refractivity contribution in [2.24, 2.45) is 0 Å². The molecule has 2 aromatic heterocycles. The summed E-state index contributed by atoms with van der Waals surface area (Å²) in [5.41, 5.74) is 3.93. The van der Waals surface area contributed by atoms with Crippen LogP contribution in [-0.4, -0.2) is 25.8 Å². The lowest BCUT2D eigenvalue weighted by Gasteiger charge is -2.12. The van der Waals surface area contributed by atoms with Gasteiger partial charge in [-0.05, 0) is 42.3 Å². The summed E-state index contributed by atoms with van der Waals surface area (Å²) in [7, 11) is 0. The average molecular weight is 401 g/mol. The molecule has 0 aliphatic rings. The van der Waals surface area contributed by atoms with Gasteiger partial charge < -0.3 is 9.84 Å². The molecule has 30 heavy (non-hydrogen) atoms. The van der Waals surface area contributed by atoms with Crippen LogP contribution in [0.15, 0.2) is 65.4 Å². The highest BCUT2D eigenvalue weighted by atomic mass is 16.5. The molecule has 0 aliphatic carbocycles. The molecule has 0 spiro atoms. The third kappa shape index (κ3) is 4.15. The monoisotopic (exact) mass is 401 g/mol. The first kappa shape index (κ1) is 19.6. The predicted octanol–water partition coefficient (Wildman–Crippen LogP) is 4.67. The fourth-order valence-electron chi connectivity index (χ4n) is 3.12. The van der Waals surface area contributed by atoms with Crippen LogP contribution in [-0.2, 0) is 6.54 Å². The smallest absolute Gasteiger partial charge is 0.260 e. The van der Waals surface area contributed by atoms with E-state index in [4.69, 9.17) is 4.52 Å². The highest BCUT2D eigenvalue weighted by Crippen LogP contribution is 2.31. The second-order valence-corrected chi connectivity index (χ2v) is 7.46. The Morgan fingerprint density at radius 3 is 2.60 bits per heavy atom. The average Bonchev–Trinajstić information content (AvgIpc) is 3.42. The van der Waals surface area contributed by atoms with Gasteiger partial charge in [0.1, 0.15) is 0 Å². The van der Waals surface area contributed by atoms with Gasteiger partial charge in [0.25, 0.3) is 11.8 Å². The summed E-state index contributed by atoms with van der Waals surface area (Å²) in [6.07, 6.45) is 3.65. The fraction of sp³-hybridized carbons (Fsp3) is 0.217. The lowest BCUT2D eigenvalue weighted by Crippen LogP contribution is -2.14. The fourth-order valence-corrected chi connectivity index (χ4v) is 3.12. The summed E-state index contributed by atoms with van der Waals surface area (Å²) in [5, 5.41) is 11.3. The Hall–Kier alpha value is -3.74. The van der Waals surface area contributed by atoms with E-state index < -0.39 is 0 Å². The Morgan fingerprint density at radius 2 is 1.93 bits per heavy atom. The highest BCUT2D eigenvalue weighted by Gasteiger charge is 2.18. The van der Waals surface area contributed by atoms with Crippen LogP contribution in [0.25, 0.3) is 11.5 Å². The van der Waals surface area contributed by atoms with Crippen molar-refractivity contribution in [3.8, 4) is 11.5 Å². The molecule has 2 heterocycles. The first-order valence-corrected chi connectivity index (χ1v) is 9.82. The number of benzene rings is 2. The van der Waals surface area contributed by atoms with Crippen LogP contribution in [0.2, 0.25) is 0 Å². The standard InChI is InChI=1S/C23H23N5O2/c1-15(2)21-26-23(30-27-21)19-7-4-6-16(3)20(19)25-22(29)18-10-8-17(9-11-18)14-28-13-5-12-24-28/h4-13,15H,14H2,1-3H3,(H,25,29). The van der Waals surface area contributed by atoms with E-state index in [1.165, 1.54) is 0 Å². The predicted molar refractivity (Wildman–Crippen MR) is 114 cm³/mol. The molecular formula is C23H23N5O2. The van der Waals surface area contributed by atoms with Gasteiger partial charge in [0.2, 0.25) is 0 Å². The van der Waals surface area contributed by atoms with E-state index in [0.717, 1.165) is 11.1 Å². The number of aromatic nitrogens is 4. The molecule has 0 bridgehead atoms. The highest BCUT2D eigenvalue weighted by molar-refractivity contribution is 6.06. The Labute approximate surface area is 174 Å². The van der Waals surface area contributed by atoms with Gasteiger partial charge in [-0.25, -0.2) is 0 Å². The van der Waals surface area contributed by atoms with Crippen molar-refractivity contribution in [3.63, 3.8) is 0 Å². The Kier molecular flexibility index (Phi) is 5.43. The SMILES string of the molecule is Cc1cccc(-c2nc(C(C)C)no2)c1NC(=O)c1ccc(Cn2cccn2)cc1. The van der Waals surface area contributed by atoms with Crippen LogP contribution in [0.3, 0.4) is 0 Å². The minimum Gasteiger partial charge on any atom is -0.334 e. The van der Waals surface area contributed by atoms with Gasteiger partial charge in [0.15, 0.2) is 5.82 Å². The normalized spacial score (nSPS) is 11.1. The third-order valence-electron chi connectivity index (χ3n) is 4.82. The van der Waals surface area contributed by atoms with Crippen LogP contribution in [0.1, 0.15) is 47.1 Å². The van der Waals surface area contributed by atoms with Crippen LogP contribution < -0.4 is 5.32 Å². The Bertz CT molecular complexity index is 1140. The molecule has 7 nitrogen and oxygen atoms in total. The quantitative estimate of drug-likeness (QED) is 0.508. The second kappa shape index (κ2) is 8.32. The van der Waals surface area contributed by atoms with Gasteiger partial charge in [0, 0.05) is 23.9 Å². The van der Waals surface area contributed by atoms with Crippen molar-refractivity contribution in [2.45, 2.75) is 33.2 Å². The summed E-state index contributed by atoms with van der Waals surface area (Å²) in [6.45, 7) is 6.60. The molecule has 0 fully saturated rings. The molecular weight excluding hydrogens is 378 g/mol. The number of carbonyl (C=O) groups excluding carboxylic acids is 1. The van der Waals surface area contributed by atoms with E-state index >= 15 is 0 Å². The van der Waals surface area contributed by atoms with E-state index in [9.17, 15) is 4.79 Å². The van der Waals surface area contributed by atoms with Crippen LogP contribution in [0.5, 0.6) is 0 Å². The number of hydrogen-bond acceptors (Lipinski definition) is 5. The Morgan fingerprint density at radius 1 is 1.13 bits per heavy atom. The molecule has 7 heteroatoms. The molecule has 4 aromatic rings. The minimum absolute atomic E-state index is 0.158. The number of anilines is 1. The van der Waals surface area contributed by atoms with Gasteiger partial charge in [-0.2, -0.15) is 10.1 Å². The minimum atomic E-state index is -0.195. The van der Waals surface area contributed by atoms with Crippen molar-refractivity contribution < 1.29 is 9.32 Å². The zero-order valence-electron chi connectivity index (χ0n) is 17.2. The maximum Gasteiger partial charge on any atom is 0.260 e. The second-order valence-electron chi connectivity index (χ2n) is 7.46. The number of rotatable bonds is 6. The van der Waals surface area contributed by atoms with Crippen molar-refractivity contribution in [1.29, 1.82) is 0 Å². The Balaban J connectivity index is 1.55.